The minimum atomic E-state index is 0.0139. The molecule has 3 nitrogen and oxygen atoms in total. The fourth-order valence-electron chi connectivity index (χ4n) is 2.79. The van der Waals surface area contributed by atoms with Crippen LogP contribution >= 0.6 is 27.3 Å². The minimum Gasteiger partial charge on any atom is -0.350 e. The van der Waals surface area contributed by atoms with E-state index in [0.29, 0.717) is 12.6 Å². The second kappa shape index (κ2) is 6.94. The molecule has 0 bridgehead atoms. The van der Waals surface area contributed by atoms with Crippen molar-refractivity contribution in [3.63, 3.8) is 0 Å². The highest BCUT2D eigenvalue weighted by molar-refractivity contribution is 9.11. The van der Waals surface area contributed by atoms with Gasteiger partial charge in [-0.05, 0) is 52.5 Å². The van der Waals surface area contributed by atoms with Gasteiger partial charge in [-0.25, -0.2) is 0 Å². The third kappa shape index (κ3) is 3.59. The molecule has 2 aromatic rings. The molecule has 1 aromatic heterocycles. The van der Waals surface area contributed by atoms with Crippen molar-refractivity contribution in [1.82, 2.24) is 10.2 Å². The van der Waals surface area contributed by atoms with Gasteiger partial charge in [-0.1, -0.05) is 24.3 Å². The molecule has 0 saturated carbocycles. The van der Waals surface area contributed by atoms with Gasteiger partial charge in [0.15, 0.2) is 0 Å². The van der Waals surface area contributed by atoms with E-state index in [0.717, 1.165) is 28.2 Å². The highest BCUT2D eigenvalue weighted by Crippen LogP contribution is 2.22. The smallest absolute Gasteiger partial charge is 0.261 e. The summed E-state index contributed by atoms with van der Waals surface area (Å²) < 4.78 is 0.985. The Kier molecular flexibility index (Phi) is 4.96. The largest absolute Gasteiger partial charge is 0.350 e. The Labute approximate surface area is 143 Å². The SMILES string of the molecule is C[C@@H](CNC(=O)c1ccc(Br)s1)N1CCc2ccccc2C1. The number of hydrogen-bond acceptors (Lipinski definition) is 3. The van der Waals surface area contributed by atoms with Gasteiger partial charge in [-0.3, -0.25) is 9.69 Å². The fourth-order valence-corrected chi connectivity index (χ4v) is 4.09. The molecule has 3 rings (SSSR count). The van der Waals surface area contributed by atoms with Crippen molar-refractivity contribution in [1.29, 1.82) is 0 Å². The van der Waals surface area contributed by atoms with Gasteiger partial charge in [-0.15, -0.1) is 11.3 Å². The van der Waals surface area contributed by atoms with Crippen molar-refractivity contribution in [2.45, 2.75) is 25.9 Å². The Morgan fingerprint density at radius 3 is 2.82 bits per heavy atom. The molecule has 1 atom stereocenters. The summed E-state index contributed by atoms with van der Waals surface area (Å²) in [5, 5.41) is 3.04. The maximum atomic E-state index is 12.1. The van der Waals surface area contributed by atoms with E-state index in [9.17, 15) is 4.79 Å². The van der Waals surface area contributed by atoms with Crippen LogP contribution < -0.4 is 5.32 Å². The summed E-state index contributed by atoms with van der Waals surface area (Å²) >= 11 is 4.85. The van der Waals surface area contributed by atoms with Crippen molar-refractivity contribution in [3.8, 4) is 0 Å². The van der Waals surface area contributed by atoms with Crippen LogP contribution in [-0.4, -0.2) is 29.9 Å². The lowest BCUT2D eigenvalue weighted by atomic mass is 9.99. The molecule has 2 heterocycles. The first-order valence-electron chi connectivity index (χ1n) is 7.48. The van der Waals surface area contributed by atoms with Crippen LogP contribution in [0.1, 0.15) is 27.7 Å². The van der Waals surface area contributed by atoms with Crippen LogP contribution in [0.15, 0.2) is 40.2 Å². The molecule has 1 amide bonds. The average molecular weight is 379 g/mol. The van der Waals surface area contributed by atoms with E-state index in [2.05, 4.69) is 57.3 Å². The number of fused-ring (bicyclic) bond motifs is 1. The van der Waals surface area contributed by atoms with E-state index in [1.54, 1.807) is 0 Å². The standard InChI is InChI=1S/C17H19BrN2OS/c1-12(10-19-17(21)15-6-7-16(18)22-15)20-9-8-13-4-2-3-5-14(13)11-20/h2-7,12H,8-11H2,1H3,(H,19,21)/t12-/m0/s1. The summed E-state index contributed by atoms with van der Waals surface area (Å²) in [6, 6.07) is 12.7. The Morgan fingerprint density at radius 1 is 1.32 bits per heavy atom. The zero-order chi connectivity index (χ0) is 15.5. The molecule has 5 heteroatoms. The maximum absolute atomic E-state index is 12.1. The van der Waals surface area contributed by atoms with Crippen molar-refractivity contribution in [2.24, 2.45) is 0 Å². The van der Waals surface area contributed by atoms with Gasteiger partial charge in [0.1, 0.15) is 0 Å². The topological polar surface area (TPSA) is 32.3 Å². The number of carbonyl (C=O) groups excluding carboxylic acids is 1. The number of amides is 1. The predicted octanol–water partition coefficient (Wildman–Crippen LogP) is 3.69. The van der Waals surface area contributed by atoms with Crippen LogP contribution in [0.25, 0.3) is 0 Å². The van der Waals surface area contributed by atoms with Crippen LogP contribution in [0, 0.1) is 0 Å². The lowest BCUT2D eigenvalue weighted by Gasteiger charge is -2.33. The van der Waals surface area contributed by atoms with Crippen molar-refractivity contribution >= 4 is 33.2 Å². The van der Waals surface area contributed by atoms with E-state index in [1.807, 2.05) is 12.1 Å². The molecule has 1 aliphatic rings. The molecule has 0 fully saturated rings. The average Bonchev–Trinajstić information content (AvgIpc) is 2.98. The Hall–Kier alpha value is -1.17. The van der Waals surface area contributed by atoms with Gasteiger partial charge in [0.25, 0.3) is 5.91 Å². The quantitative estimate of drug-likeness (QED) is 0.879. The maximum Gasteiger partial charge on any atom is 0.261 e. The van der Waals surface area contributed by atoms with Crippen LogP contribution in [-0.2, 0) is 13.0 Å². The monoisotopic (exact) mass is 378 g/mol. The van der Waals surface area contributed by atoms with Crippen molar-refractivity contribution < 1.29 is 4.79 Å². The molecule has 1 aliphatic heterocycles. The molecule has 116 valence electrons. The van der Waals surface area contributed by atoms with Crippen molar-refractivity contribution in [3.05, 3.63) is 56.2 Å². The number of benzene rings is 1. The first-order chi connectivity index (χ1) is 10.6. The molecule has 0 radical (unpaired) electrons. The van der Waals surface area contributed by atoms with Crippen LogP contribution in [0.2, 0.25) is 0 Å². The second-order valence-corrected chi connectivity index (χ2v) is 8.12. The highest BCUT2D eigenvalue weighted by atomic mass is 79.9. The van der Waals surface area contributed by atoms with E-state index < -0.39 is 0 Å². The van der Waals surface area contributed by atoms with Gasteiger partial charge in [0.2, 0.25) is 0 Å². The van der Waals surface area contributed by atoms with Crippen LogP contribution in [0.5, 0.6) is 0 Å². The normalized spacial score (nSPS) is 16.1. The number of rotatable bonds is 4. The Bertz CT molecular complexity index is 670. The minimum absolute atomic E-state index is 0.0139. The van der Waals surface area contributed by atoms with Gasteiger partial charge in [0.05, 0.1) is 8.66 Å². The fraction of sp³-hybridized carbons (Fsp3) is 0.353. The highest BCUT2D eigenvalue weighted by Gasteiger charge is 2.21. The first kappa shape index (κ1) is 15.7. The number of carbonyl (C=O) groups is 1. The number of nitrogens with zero attached hydrogens (tertiary/aromatic N) is 1. The lowest BCUT2D eigenvalue weighted by molar-refractivity contribution is 0.0936. The molecule has 1 aromatic carbocycles. The molecule has 0 aliphatic carbocycles. The molecule has 0 saturated heterocycles. The molecular weight excluding hydrogens is 360 g/mol. The number of thiophene rings is 1. The Balaban J connectivity index is 1.55. The molecule has 22 heavy (non-hydrogen) atoms. The van der Waals surface area contributed by atoms with Gasteiger partial charge in [0, 0.05) is 25.7 Å². The third-order valence-electron chi connectivity index (χ3n) is 4.14. The van der Waals surface area contributed by atoms with E-state index >= 15 is 0 Å². The van der Waals surface area contributed by atoms with Crippen LogP contribution in [0.4, 0.5) is 0 Å². The summed E-state index contributed by atoms with van der Waals surface area (Å²) in [5.74, 6) is 0.0139. The second-order valence-electron chi connectivity index (χ2n) is 5.65. The summed E-state index contributed by atoms with van der Waals surface area (Å²) in [6.45, 7) is 4.88. The van der Waals surface area contributed by atoms with E-state index in [-0.39, 0.29) is 5.91 Å². The summed E-state index contributed by atoms with van der Waals surface area (Å²) in [4.78, 5) is 15.3. The number of nitrogens with one attached hydrogen (secondary N) is 1. The van der Waals surface area contributed by atoms with E-state index in [4.69, 9.17) is 0 Å². The Morgan fingerprint density at radius 2 is 2.09 bits per heavy atom. The van der Waals surface area contributed by atoms with Crippen molar-refractivity contribution in [2.75, 3.05) is 13.1 Å². The summed E-state index contributed by atoms with van der Waals surface area (Å²) in [7, 11) is 0. The molecule has 1 N–H and O–H groups in total. The lowest BCUT2D eigenvalue weighted by Crippen LogP contribution is -2.44. The summed E-state index contributed by atoms with van der Waals surface area (Å²) in [6.07, 6.45) is 1.09. The zero-order valence-corrected chi connectivity index (χ0v) is 14.9. The molecule has 0 unspecified atom stereocenters. The number of halogens is 1. The van der Waals surface area contributed by atoms with Gasteiger partial charge >= 0.3 is 0 Å². The predicted molar refractivity (Wildman–Crippen MR) is 94.4 cm³/mol. The van der Waals surface area contributed by atoms with E-state index in [1.165, 1.54) is 22.5 Å². The molecular formula is C17H19BrN2OS. The zero-order valence-electron chi connectivity index (χ0n) is 12.5. The summed E-state index contributed by atoms with van der Waals surface area (Å²) in [5.41, 5.74) is 2.87. The van der Waals surface area contributed by atoms with Crippen LogP contribution in [0.3, 0.4) is 0 Å². The third-order valence-corrected chi connectivity index (χ3v) is 5.76. The molecule has 0 spiro atoms. The first-order valence-corrected chi connectivity index (χ1v) is 9.09. The van der Waals surface area contributed by atoms with Gasteiger partial charge in [-0.2, -0.15) is 0 Å². The number of hydrogen-bond donors (Lipinski definition) is 1. The van der Waals surface area contributed by atoms with Gasteiger partial charge < -0.3 is 5.32 Å².